The molecule has 0 aromatic carbocycles. The quantitative estimate of drug-likeness (QED) is 0.792. The zero-order valence-electron chi connectivity index (χ0n) is 8.68. The maximum absolute atomic E-state index is 11.9. The highest BCUT2D eigenvalue weighted by atomic mass is 19.4. The molecule has 0 N–H and O–H groups in total. The van der Waals surface area contributed by atoms with Gasteiger partial charge in [-0.3, -0.25) is 0 Å². The van der Waals surface area contributed by atoms with Gasteiger partial charge in [0.05, 0.1) is 0 Å². The van der Waals surface area contributed by atoms with Gasteiger partial charge in [0.1, 0.15) is 0 Å². The summed E-state index contributed by atoms with van der Waals surface area (Å²) >= 11 is 0. The highest BCUT2D eigenvalue weighted by Crippen LogP contribution is 2.27. The summed E-state index contributed by atoms with van der Waals surface area (Å²) in [6.07, 6.45) is -8.14. The first-order valence-corrected chi connectivity index (χ1v) is 4.51. The summed E-state index contributed by atoms with van der Waals surface area (Å²) in [4.78, 5) is 3.37. The van der Waals surface area contributed by atoms with Crippen molar-refractivity contribution in [1.82, 2.24) is 4.98 Å². The molecule has 1 rings (SSSR count). The minimum atomic E-state index is -4.61. The fraction of sp³-hybridized carbons (Fsp3) is 0.444. The Hall–Kier alpha value is -1.67. The maximum Gasteiger partial charge on any atom is 0.422 e. The Kier molecular flexibility index (Phi) is 4.25. The normalized spacial score (nSPS) is 12.3. The minimum absolute atomic E-state index is 0.501. The Morgan fingerprint density at radius 3 is 2.06 bits per heavy atom. The molecule has 0 atom stereocenters. The monoisotopic (exact) mass is 275 g/mol. The van der Waals surface area contributed by atoms with Gasteiger partial charge >= 0.3 is 12.4 Å². The molecule has 0 radical (unpaired) electrons. The van der Waals surface area contributed by atoms with Crippen LogP contribution >= 0.6 is 0 Å². The van der Waals surface area contributed by atoms with E-state index in [-0.39, 0.29) is 0 Å². The van der Waals surface area contributed by atoms with Gasteiger partial charge in [-0.15, -0.1) is 0 Å². The van der Waals surface area contributed by atoms with Crippen LogP contribution < -0.4 is 9.47 Å². The van der Waals surface area contributed by atoms with Crippen molar-refractivity contribution in [3.05, 3.63) is 18.3 Å². The number of rotatable bonds is 4. The molecule has 102 valence electrons. The Labute approximate surface area is 97.3 Å². The van der Waals surface area contributed by atoms with Crippen LogP contribution in [0, 0.1) is 0 Å². The summed E-state index contributed by atoms with van der Waals surface area (Å²) in [6, 6.07) is 2.25. The smallest absolute Gasteiger partial charge is 0.422 e. The van der Waals surface area contributed by atoms with E-state index in [9.17, 15) is 26.3 Å². The lowest BCUT2D eigenvalue weighted by atomic mass is 10.4. The lowest BCUT2D eigenvalue weighted by molar-refractivity contribution is -0.158. The Balaban J connectivity index is 2.68. The van der Waals surface area contributed by atoms with Crippen LogP contribution in [0.15, 0.2) is 18.3 Å². The van der Waals surface area contributed by atoms with E-state index in [1.54, 1.807) is 0 Å². The van der Waals surface area contributed by atoms with Crippen LogP contribution in [-0.2, 0) is 0 Å². The molecule has 1 heterocycles. The summed E-state index contributed by atoms with van der Waals surface area (Å²) in [5.74, 6) is -1.14. The third-order valence-electron chi connectivity index (χ3n) is 1.50. The van der Waals surface area contributed by atoms with Crippen molar-refractivity contribution in [2.75, 3.05) is 13.2 Å². The van der Waals surface area contributed by atoms with E-state index in [1.165, 1.54) is 6.07 Å². The van der Waals surface area contributed by atoms with E-state index >= 15 is 0 Å². The van der Waals surface area contributed by atoms with Crippen molar-refractivity contribution in [3.63, 3.8) is 0 Å². The van der Waals surface area contributed by atoms with E-state index in [0.29, 0.717) is 0 Å². The summed E-state index contributed by atoms with van der Waals surface area (Å²) in [5, 5.41) is 0. The molecule has 0 saturated heterocycles. The van der Waals surface area contributed by atoms with Gasteiger partial charge < -0.3 is 9.47 Å². The molecular weight excluding hydrogens is 268 g/mol. The standard InChI is InChI=1S/C9H7F6NO2/c10-8(11,12)4-17-6-2-1-3-16-7(6)18-5-9(13,14)15/h1-3H,4-5H2. The van der Waals surface area contributed by atoms with Gasteiger partial charge in [0.15, 0.2) is 19.0 Å². The molecule has 0 aliphatic carbocycles. The summed E-state index contributed by atoms with van der Waals surface area (Å²) in [7, 11) is 0. The summed E-state index contributed by atoms with van der Waals surface area (Å²) < 4.78 is 79.8. The zero-order valence-corrected chi connectivity index (χ0v) is 8.68. The van der Waals surface area contributed by atoms with Crippen molar-refractivity contribution in [3.8, 4) is 11.6 Å². The number of aromatic nitrogens is 1. The minimum Gasteiger partial charge on any atom is -0.478 e. The van der Waals surface area contributed by atoms with E-state index in [1.807, 2.05) is 0 Å². The first-order chi connectivity index (χ1) is 8.17. The fourth-order valence-corrected chi connectivity index (χ4v) is 0.904. The molecule has 0 saturated carbocycles. The predicted octanol–water partition coefficient (Wildman–Crippen LogP) is 2.96. The van der Waals surface area contributed by atoms with Crippen LogP contribution in [0.5, 0.6) is 11.6 Å². The Bertz CT molecular complexity index is 352. The van der Waals surface area contributed by atoms with Gasteiger partial charge in [0.2, 0.25) is 0 Å². The van der Waals surface area contributed by atoms with Gasteiger partial charge in [-0.25, -0.2) is 4.98 Å². The van der Waals surface area contributed by atoms with Crippen molar-refractivity contribution >= 4 is 0 Å². The lowest BCUT2D eigenvalue weighted by Crippen LogP contribution is -2.22. The van der Waals surface area contributed by atoms with E-state index in [0.717, 1.165) is 12.3 Å². The van der Waals surface area contributed by atoms with E-state index in [2.05, 4.69) is 14.5 Å². The molecule has 0 unspecified atom stereocenters. The van der Waals surface area contributed by atoms with Gasteiger partial charge in [-0.2, -0.15) is 26.3 Å². The SMILES string of the molecule is FC(F)(F)COc1cccnc1OCC(F)(F)F. The van der Waals surface area contributed by atoms with Crippen LogP contribution in [0.4, 0.5) is 26.3 Å². The molecule has 0 aliphatic rings. The largest absolute Gasteiger partial charge is 0.478 e. The highest BCUT2D eigenvalue weighted by Gasteiger charge is 2.31. The molecule has 3 nitrogen and oxygen atoms in total. The van der Waals surface area contributed by atoms with Gasteiger partial charge in [0, 0.05) is 6.20 Å². The molecule has 0 bridgehead atoms. The van der Waals surface area contributed by atoms with Gasteiger partial charge in [-0.1, -0.05) is 0 Å². The zero-order chi connectivity index (χ0) is 13.8. The molecule has 18 heavy (non-hydrogen) atoms. The lowest BCUT2D eigenvalue weighted by Gasteiger charge is -2.13. The van der Waals surface area contributed by atoms with Gasteiger partial charge in [0.25, 0.3) is 5.88 Å². The van der Waals surface area contributed by atoms with E-state index in [4.69, 9.17) is 0 Å². The molecule has 0 amide bonds. The third-order valence-corrected chi connectivity index (χ3v) is 1.50. The van der Waals surface area contributed by atoms with Crippen LogP contribution in [0.25, 0.3) is 0 Å². The summed E-state index contributed by atoms with van der Waals surface area (Å²) in [5.41, 5.74) is 0. The average Bonchev–Trinajstić information content (AvgIpc) is 2.22. The van der Waals surface area contributed by atoms with Crippen molar-refractivity contribution in [1.29, 1.82) is 0 Å². The number of hydrogen-bond acceptors (Lipinski definition) is 3. The number of ether oxygens (including phenoxy) is 2. The summed E-state index contributed by atoms with van der Waals surface area (Å²) in [6.45, 7) is -3.30. The molecule has 1 aromatic rings. The number of halogens is 6. The number of nitrogens with zero attached hydrogens (tertiary/aromatic N) is 1. The third kappa shape index (κ3) is 5.60. The van der Waals surface area contributed by atoms with Crippen molar-refractivity contribution in [2.45, 2.75) is 12.4 Å². The number of hydrogen-bond donors (Lipinski definition) is 0. The van der Waals surface area contributed by atoms with Crippen LogP contribution in [0.2, 0.25) is 0 Å². The average molecular weight is 275 g/mol. The first kappa shape index (κ1) is 14.4. The molecule has 1 aromatic heterocycles. The second kappa shape index (κ2) is 5.32. The molecule has 9 heteroatoms. The highest BCUT2D eigenvalue weighted by molar-refractivity contribution is 5.32. The number of alkyl halides is 6. The van der Waals surface area contributed by atoms with Crippen LogP contribution in [0.3, 0.4) is 0 Å². The van der Waals surface area contributed by atoms with Crippen molar-refractivity contribution < 1.29 is 35.8 Å². The fourth-order valence-electron chi connectivity index (χ4n) is 0.904. The molecule has 0 aliphatic heterocycles. The second-order valence-corrected chi connectivity index (χ2v) is 3.11. The van der Waals surface area contributed by atoms with Crippen LogP contribution in [0.1, 0.15) is 0 Å². The van der Waals surface area contributed by atoms with Crippen molar-refractivity contribution in [2.24, 2.45) is 0 Å². The number of pyridine rings is 1. The Morgan fingerprint density at radius 1 is 0.944 bits per heavy atom. The van der Waals surface area contributed by atoms with Gasteiger partial charge in [-0.05, 0) is 12.1 Å². The predicted molar refractivity (Wildman–Crippen MR) is 47.3 cm³/mol. The molecule has 0 fully saturated rings. The van der Waals surface area contributed by atoms with E-state index < -0.39 is 37.2 Å². The van der Waals surface area contributed by atoms with Crippen LogP contribution in [-0.4, -0.2) is 30.6 Å². The molecular formula is C9H7F6NO2. The topological polar surface area (TPSA) is 31.4 Å². The Morgan fingerprint density at radius 2 is 1.50 bits per heavy atom. The second-order valence-electron chi connectivity index (χ2n) is 3.11. The maximum atomic E-state index is 11.9. The first-order valence-electron chi connectivity index (χ1n) is 4.51. The molecule has 0 spiro atoms.